The van der Waals surface area contributed by atoms with Gasteiger partial charge in [0.1, 0.15) is 0 Å². The first kappa shape index (κ1) is 12.4. The maximum Gasteiger partial charge on any atom is 0.229 e. The van der Waals surface area contributed by atoms with Crippen LogP contribution in [0, 0.1) is 0 Å². The molecule has 0 saturated carbocycles. The van der Waals surface area contributed by atoms with E-state index in [0.29, 0.717) is 13.0 Å². The van der Waals surface area contributed by atoms with Crippen molar-refractivity contribution in [3.63, 3.8) is 0 Å². The molecular formula is C13H17NO2. The van der Waals surface area contributed by atoms with Crippen LogP contribution in [0.3, 0.4) is 0 Å². The zero-order valence-corrected chi connectivity index (χ0v) is 9.77. The fourth-order valence-electron chi connectivity index (χ4n) is 1.49. The number of hydrogen-bond donors (Lipinski definition) is 0. The molecule has 86 valence electrons. The van der Waals surface area contributed by atoms with Gasteiger partial charge in [0.15, 0.2) is 0 Å². The third-order valence-corrected chi connectivity index (χ3v) is 2.33. The molecule has 0 N–H and O–H groups in total. The fourth-order valence-corrected chi connectivity index (χ4v) is 1.49. The Morgan fingerprint density at radius 2 is 1.81 bits per heavy atom. The van der Waals surface area contributed by atoms with E-state index in [0.717, 1.165) is 12.0 Å². The molecule has 0 radical (unpaired) electrons. The molecule has 16 heavy (non-hydrogen) atoms. The molecule has 0 aliphatic rings. The van der Waals surface area contributed by atoms with Crippen molar-refractivity contribution >= 4 is 11.8 Å². The van der Waals surface area contributed by atoms with Gasteiger partial charge in [-0.3, -0.25) is 14.5 Å². The highest BCUT2D eigenvalue weighted by Crippen LogP contribution is 2.07. The zero-order chi connectivity index (χ0) is 12.0. The second-order valence-corrected chi connectivity index (χ2v) is 3.73. The van der Waals surface area contributed by atoms with Gasteiger partial charge in [-0.1, -0.05) is 37.3 Å². The van der Waals surface area contributed by atoms with Crippen LogP contribution in [-0.4, -0.2) is 16.7 Å². The third-order valence-electron chi connectivity index (χ3n) is 2.33. The molecule has 1 aromatic rings. The van der Waals surface area contributed by atoms with Gasteiger partial charge in [-0.25, -0.2) is 0 Å². The third kappa shape index (κ3) is 3.50. The molecule has 0 atom stereocenters. The first-order valence-electron chi connectivity index (χ1n) is 5.50. The average molecular weight is 219 g/mol. The van der Waals surface area contributed by atoms with Crippen LogP contribution in [0.2, 0.25) is 0 Å². The van der Waals surface area contributed by atoms with Gasteiger partial charge in [-0.15, -0.1) is 0 Å². The Labute approximate surface area is 96.1 Å². The molecular weight excluding hydrogens is 202 g/mol. The molecule has 0 saturated heterocycles. The Bertz CT molecular complexity index is 359. The Morgan fingerprint density at radius 3 is 2.31 bits per heavy atom. The molecule has 0 bridgehead atoms. The summed E-state index contributed by atoms with van der Waals surface area (Å²) in [6, 6.07) is 9.54. The van der Waals surface area contributed by atoms with Crippen molar-refractivity contribution in [1.29, 1.82) is 0 Å². The largest absolute Gasteiger partial charge is 0.278 e. The predicted molar refractivity (Wildman–Crippen MR) is 62.6 cm³/mol. The molecule has 0 aliphatic carbocycles. The van der Waals surface area contributed by atoms with Crippen molar-refractivity contribution in [2.24, 2.45) is 0 Å². The van der Waals surface area contributed by atoms with Crippen molar-refractivity contribution in [2.75, 3.05) is 0 Å². The quantitative estimate of drug-likeness (QED) is 0.779. The SMILES string of the molecule is CCCC(=O)N(Cc1ccccc1)C(C)=O. The lowest BCUT2D eigenvalue weighted by atomic mass is 10.2. The molecule has 1 rings (SSSR count). The summed E-state index contributed by atoms with van der Waals surface area (Å²) in [7, 11) is 0. The summed E-state index contributed by atoms with van der Waals surface area (Å²) in [5.41, 5.74) is 0.974. The topological polar surface area (TPSA) is 37.4 Å². The lowest BCUT2D eigenvalue weighted by Gasteiger charge is -2.18. The van der Waals surface area contributed by atoms with E-state index in [2.05, 4.69) is 0 Å². The summed E-state index contributed by atoms with van der Waals surface area (Å²) in [6.45, 7) is 3.73. The number of rotatable bonds is 4. The molecule has 0 unspecified atom stereocenters. The number of amides is 2. The standard InChI is InChI=1S/C13H17NO2/c1-3-7-13(16)14(11(2)15)10-12-8-5-4-6-9-12/h4-6,8-9H,3,7,10H2,1-2H3. The Morgan fingerprint density at radius 1 is 1.19 bits per heavy atom. The van der Waals surface area contributed by atoms with E-state index in [1.807, 2.05) is 37.3 Å². The van der Waals surface area contributed by atoms with Gasteiger partial charge in [0, 0.05) is 13.3 Å². The molecule has 3 heteroatoms. The fraction of sp³-hybridized carbons (Fsp3) is 0.385. The second-order valence-electron chi connectivity index (χ2n) is 3.73. The number of imide groups is 1. The van der Waals surface area contributed by atoms with Crippen molar-refractivity contribution in [3.8, 4) is 0 Å². The van der Waals surface area contributed by atoms with Crippen molar-refractivity contribution in [3.05, 3.63) is 35.9 Å². The van der Waals surface area contributed by atoms with E-state index in [9.17, 15) is 9.59 Å². The molecule has 0 aliphatic heterocycles. The number of nitrogens with zero attached hydrogens (tertiary/aromatic N) is 1. The normalized spacial score (nSPS) is 9.88. The van der Waals surface area contributed by atoms with Gasteiger partial charge in [0.2, 0.25) is 11.8 Å². The van der Waals surface area contributed by atoms with Crippen molar-refractivity contribution < 1.29 is 9.59 Å². The zero-order valence-electron chi connectivity index (χ0n) is 9.77. The van der Waals surface area contributed by atoms with Crippen LogP contribution < -0.4 is 0 Å². The van der Waals surface area contributed by atoms with E-state index in [1.54, 1.807) is 0 Å². The predicted octanol–water partition coefficient (Wildman–Crippen LogP) is 2.36. The van der Waals surface area contributed by atoms with Crippen molar-refractivity contribution in [2.45, 2.75) is 33.2 Å². The average Bonchev–Trinajstić information content (AvgIpc) is 2.27. The number of benzene rings is 1. The summed E-state index contributed by atoms with van der Waals surface area (Å²) >= 11 is 0. The highest BCUT2D eigenvalue weighted by atomic mass is 16.2. The van der Waals surface area contributed by atoms with Gasteiger partial charge in [0.25, 0.3) is 0 Å². The molecule has 0 heterocycles. The smallest absolute Gasteiger partial charge is 0.229 e. The number of hydrogen-bond acceptors (Lipinski definition) is 2. The lowest BCUT2D eigenvalue weighted by Crippen LogP contribution is -2.34. The summed E-state index contributed by atoms with van der Waals surface area (Å²) in [6.07, 6.45) is 1.18. The van der Waals surface area contributed by atoms with Crippen LogP contribution in [0.25, 0.3) is 0 Å². The minimum Gasteiger partial charge on any atom is -0.278 e. The summed E-state index contributed by atoms with van der Waals surface area (Å²) < 4.78 is 0. The minimum atomic E-state index is -0.192. The van der Waals surface area contributed by atoms with Crippen LogP contribution in [0.15, 0.2) is 30.3 Å². The molecule has 3 nitrogen and oxygen atoms in total. The highest BCUT2D eigenvalue weighted by molar-refractivity contribution is 5.94. The molecule has 0 fully saturated rings. The first-order valence-corrected chi connectivity index (χ1v) is 5.50. The Kier molecular flexibility index (Phi) is 4.70. The lowest BCUT2D eigenvalue weighted by molar-refractivity contribution is -0.144. The van der Waals surface area contributed by atoms with Gasteiger partial charge in [0.05, 0.1) is 6.54 Å². The van der Waals surface area contributed by atoms with E-state index in [4.69, 9.17) is 0 Å². The number of carbonyl (C=O) groups excluding carboxylic acids is 2. The maximum absolute atomic E-state index is 11.7. The molecule has 2 amide bonds. The summed E-state index contributed by atoms with van der Waals surface area (Å²) in [5.74, 6) is -0.291. The Hall–Kier alpha value is -1.64. The van der Waals surface area contributed by atoms with Gasteiger partial charge in [-0.05, 0) is 12.0 Å². The van der Waals surface area contributed by atoms with E-state index < -0.39 is 0 Å². The summed E-state index contributed by atoms with van der Waals surface area (Å²) in [4.78, 5) is 24.4. The molecule has 0 aromatic heterocycles. The monoisotopic (exact) mass is 219 g/mol. The maximum atomic E-state index is 11.7. The van der Waals surface area contributed by atoms with Crippen LogP contribution in [-0.2, 0) is 16.1 Å². The molecule has 1 aromatic carbocycles. The Balaban J connectivity index is 2.73. The number of carbonyl (C=O) groups is 2. The molecule has 0 spiro atoms. The minimum absolute atomic E-state index is 0.0983. The summed E-state index contributed by atoms with van der Waals surface area (Å²) in [5, 5.41) is 0. The van der Waals surface area contributed by atoms with Crippen LogP contribution in [0.1, 0.15) is 32.3 Å². The van der Waals surface area contributed by atoms with Crippen LogP contribution >= 0.6 is 0 Å². The van der Waals surface area contributed by atoms with Crippen molar-refractivity contribution in [1.82, 2.24) is 4.90 Å². The van der Waals surface area contributed by atoms with Crippen LogP contribution in [0.5, 0.6) is 0 Å². The first-order chi connectivity index (χ1) is 7.65. The highest BCUT2D eigenvalue weighted by Gasteiger charge is 2.16. The van der Waals surface area contributed by atoms with Crippen LogP contribution in [0.4, 0.5) is 0 Å². The van der Waals surface area contributed by atoms with E-state index in [-0.39, 0.29) is 11.8 Å². The second kappa shape index (κ2) is 6.05. The van der Waals surface area contributed by atoms with Gasteiger partial charge < -0.3 is 0 Å². The van der Waals surface area contributed by atoms with Gasteiger partial charge >= 0.3 is 0 Å². The van der Waals surface area contributed by atoms with Gasteiger partial charge in [-0.2, -0.15) is 0 Å². The van der Waals surface area contributed by atoms with E-state index in [1.165, 1.54) is 11.8 Å². The van der Waals surface area contributed by atoms with E-state index >= 15 is 0 Å².